The van der Waals surface area contributed by atoms with Crippen molar-refractivity contribution in [2.75, 3.05) is 30.4 Å². The van der Waals surface area contributed by atoms with E-state index in [1.807, 2.05) is 31.2 Å². The minimum Gasteiger partial charge on any atom is -0.496 e. The fourth-order valence-corrected chi connectivity index (χ4v) is 2.74. The zero-order chi connectivity index (χ0) is 15.4. The predicted octanol–water partition coefficient (Wildman–Crippen LogP) is 3.01. The number of rotatable bonds is 5. The quantitative estimate of drug-likeness (QED) is 0.919. The van der Waals surface area contributed by atoms with Crippen LogP contribution in [-0.2, 0) is 6.54 Å². The van der Waals surface area contributed by atoms with Crippen LogP contribution in [0.2, 0.25) is 0 Å². The van der Waals surface area contributed by atoms with Crippen molar-refractivity contribution in [3.8, 4) is 5.75 Å². The summed E-state index contributed by atoms with van der Waals surface area (Å²) in [5.74, 6) is 2.58. The Labute approximate surface area is 131 Å². The molecule has 1 aliphatic heterocycles. The van der Waals surface area contributed by atoms with E-state index < -0.39 is 0 Å². The number of ether oxygens (including phenoxy) is 1. The van der Waals surface area contributed by atoms with Crippen molar-refractivity contribution in [1.29, 1.82) is 0 Å². The van der Waals surface area contributed by atoms with E-state index in [1.54, 1.807) is 7.11 Å². The average Bonchev–Trinajstić information content (AvgIpc) is 3.07. The summed E-state index contributed by atoms with van der Waals surface area (Å²) in [6.07, 6.45) is 2.45. The van der Waals surface area contributed by atoms with Crippen LogP contribution in [0, 0.1) is 6.92 Å². The van der Waals surface area contributed by atoms with Crippen molar-refractivity contribution in [1.82, 2.24) is 9.97 Å². The van der Waals surface area contributed by atoms with Crippen LogP contribution < -0.4 is 15.0 Å². The largest absolute Gasteiger partial charge is 0.496 e. The zero-order valence-electron chi connectivity index (χ0n) is 13.2. The Morgan fingerprint density at radius 1 is 1.18 bits per heavy atom. The summed E-state index contributed by atoms with van der Waals surface area (Å²) in [4.78, 5) is 11.5. The Bertz CT molecular complexity index is 638. The second-order valence-corrected chi connectivity index (χ2v) is 5.55. The van der Waals surface area contributed by atoms with Gasteiger partial charge < -0.3 is 15.0 Å². The fraction of sp³-hybridized carbons (Fsp3) is 0.412. The third-order valence-corrected chi connectivity index (χ3v) is 3.88. The number of hydrogen-bond donors (Lipinski definition) is 1. The Balaban J connectivity index is 1.74. The van der Waals surface area contributed by atoms with E-state index in [2.05, 4.69) is 26.3 Å². The van der Waals surface area contributed by atoms with E-state index in [4.69, 9.17) is 4.74 Å². The van der Waals surface area contributed by atoms with Gasteiger partial charge in [-0.15, -0.1) is 0 Å². The number of hydrogen-bond acceptors (Lipinski definition) is 5. The molecule has 3 rings (SSSR count). The van der Waals surface area contributed by atoms with Crippen LogP contribution in [-0.4, -0.2) is 30.2 Å². The predicted molar refractivity (Wildman–Crippen MR) is 88.5 cm³/mol. The monoisotopic (exact) mass is 298 g/mol. The van der Waals surface area contributed by atoms with Gasteiger partial charge in [0.05, 0.1) is 7.11 Å². The molecule has 5 nitrogen and oxygen atoms in total. The van der Waals surface area contributed by atoms with Crippen LogP contribution in [0.4, 0.5) is 11.8 Å². The molecule has 0 unspecified atom stereocenters. The van der Waals surface area contributed by atoms with Gasteiger partial charge in [0, 0.05) is 37.0 Å². The lowest BCUT2D eigenvalue weighted by Crippen LogP contribution is -2.21. The van der Waals surface area contributed by atoms with Crippen LogP contribution >= 0.6 is 0 Å². The minimum absolute atomic E-state index is 0.680. The molecule has 0 atom stereocenters. The first-order valence-electron chi connectivity index (χ1n) is 7.72. The van der Waals surface area contributed by atoms with Crippen LogP contribution in [0.25, 0.3) is 0 Å². The van der Waals surface area contributed by atoms with E-state index >= 15 is 0 Å². The van der Waals surface area contributed by atoms with Crippen molar-refractivity contribution in [3.63, 3.8) is 0 Å². The molecule has 1 saturated heterocycles. The molecular weight excluding hydrogens is 276 g/mol. The maximum atomic E-state index is 5.38. The maximum absolute atomic E-state index is 5.38. The SMILES string of the molecule is COc1ccccc1CNc1cc(C)nc(N2CCCC2)n1. The molecule has 0 aliphatic carbocycles. The minimum atomic E-state index is 0.680. The zero-order valence-corrected chi connectivity index (χ0v) is 13.2. The Morgan fingerprint density at radius 2 is 1.95 bits per heavy atom. The molecule has 2 heterocycles. The van der Waals surface area contributed by atoms with Crippen LogP contribution in [0.15, 0.2) is 30.3 Å². The fourth-order valence-electron chi connectivity index (χ4n) is 2.74. The molecule has 116 valence electrons. The van der Waals surface area contributed by atoms with Crippen LogP contribution in [0.5, 0.6) is 5.75 Å². The average molecular weight is 298 g/mol. The van der Waals surface area contributed by atoms with Gasteiger partial charge in [-0.1, -0.05) is 18.2 Å². The van der Waals surface area contributed by atoms with Gasteiger partial charge in [0.15, 0.2) is 0 Å². The van der Waals surface area contributed by atoms with E-state index in [1.165, 1.54) is 12.8 Å². The van der Waals surface area contributed by atoms with Gasteiger partial charge in [-0.05, 0) is 25.8 Å². The van der Waals surface area contributed by atoms with Gasteiger partial charge in [-0.2, -0.15) is 4.98 Å². The molecule has 0 spiro atoms. The highest BCUT2D eigenvalue weighted by molar-refractivity contribution is 5.45. The van der Waals surface area contributed by atoms with Gasteiger partial charge in [0.25, 0.3) is 0 Å². The summed E-state index contributed by atoms with van der Waals surface area (Å²) >= 11 is 0. The standard InChI is InChI=1S/C17H22N4O/c1-13-11-16(20-17(19-13)21-9-5-6-10-21)18-12-14-7-3-4-8-15(14)22-2/h3-4,7-8,11H,5-6,9-10,12H2,1-2H3,(H,18,19,20). The molecular formula is C17H22N4O. The number of anilines is 2. The molecule has 1 aromatic heterocycles. The van der Waals surface area contributed by atoms with Gasteiger partial charge in [-0.3, -0.25) is 0 Å². The summed E-state index contributed by atoms with van der Waals surface area (Å²) in [5, 5.41) is 3.38. The van der Waals surface area contributed by atoms with Crippen molar-refractivity contribution >= 4 is 11.8 Å². The molecule has 1 fully saturated rings. The van der Waals surface area contributed by atoms with E-state index in [0.717, 1.165) is 41.9 Å². The number of nitrogens with zero attached hydrogens (tertiary/aromatic N) is 3. The number of nitrogens with one attached hydrogen (secondary N) is 1. The number of aromatic nitrogens is 2. The lowest BCUT2D eigenvalue weighted by molar-refractivity contribution is 0.410. The van der Waals surface area contributed by atoms with Crippen molar-refractivity contribution in [3.05, 3.63) is 41.6 Å². The summed E-state index contributed by atoms with van der Waals surface area (Å²) in [5.41, 5.74) is 2.10. The summed E-state index contributed by atoms with van der Waals surface area (Å²) in [6, 6.07) is 10.00. The molecule has 1 aliphatic rings. The Morgan fingerprint density at radius 3 is 2.73 bits per heavy atom. The lowest BCUT2D eigenvalue weighted by Gasteiger charge is -2.17. The molecule has 0 saturated carbocycles. The highest BCUT2D eigenvalue weighted by Crippen LogP contribution is 2.21. The molecule has 1 aromatic carbocycles. The second-order valence-electron chi connectivity index (χ2n) is 5.55. The second kappa shape index (κ2) is 6.64. The molecule has 0 amide bonds. The first-order valence-corrected chi connectivity index (χ1v) is 7.72. The number of aryl methyl sites for hydroxylation is 1. The van der Waals surface area contributed by atoms with Gasteiger partial charge in [0.2, 0.25) is 5.95 Å². The number of para-hydroxylation sites is 1. The van der Waals surface area contributed by atoms with E-state index in [9.17, 15) is 0 Å². The highest BCUT2D eigenvalue weighted by Gasteiger charge is 2.16. The molecule has 22 heavy (non-hydrogen) atoms. The molecule has 1 N–H and O–H groups in total. The number of methoxy groups -OCH3 is 1. The highest BCUT2D eigenvalue weighted by atomic mass is 16.5. The van der Waals surface area contributed by atoms with Crippen molar-refractivity contribution in [2.45, 2.75) is 26.3 Å². The van der Waals surface area contributed by atoms with Gasteiger partial charge in [0.1, 0.15) is 11.6 Å². The maximum Gasteiger partial charge on any atom is 0.227 e. The molecule has 0 bridgehead atoms. The molecule has 0 radical (unpaired) electrons. The molecule has 5 heteroatoms. The Kier molecular flexibility index (Phi) is 4.42. The lowest BCUT2D eigenvalue weighted by atomic mass is 10.2. The topological polar surface area (TPSA) is 50.3 Å². The van der Waals surface area contributed by atoms with E-state index in [-0.39, 0.29) is 0 Å². The Hall–Kier alpha value is -2.30. The third kappa shape index (κ3) is 3.30. The van der Waals surface area contributed by atoms with Gasteiger partial charge >= 0.3 is 0 Å². The normalized spacial score (nSPS) is 14.2. The van der Waals surface area contributed by atoms with Crippen LogP contribution in [0.1, 0.15) is 24.1 Å². The van der Waals surface area contributed by atoms with Crippen LogP contribution in [0.3, 0.4) is 0 Å². The van der Waals surface area contributed by atoms with Gasteiger partial charge in [-0.25, -0.2) is 4.98 Å². The first kappa shape index (κ1) is 14.6. The first-order chi connectivity index (χ1) is 10.8. The summed E-state index contributed by atoms with van der Waals surface area (Å²) < 4.78 is 5.38. The summed E-state index contributed by atoms with van der Waals surface area (Å²) in [6.45, 7) is 4.79. The summed E-state index contributed by atoms with van der Waals surface area (Å²) in [7, 11) is 1.69. The number of benzene rings is 1. The smallest absolute Gasteiger partial charge is 0.227 e. The van der Waals surface area contributed by atoms with Crippen molar-refractivity contribution < 1.29 is 4.74 Å². The molecule has 2 aromatic rings. The third-order valence-electron chi connectivity index (χ3n) is 3.88. The van der Waals surface area contributed by atoms with E-state index in [0.29, 0.717) is 6.54 Å². The van der Waals surface area contributed by atoms with Crippen molar-refractivity contribution in [2.24, 2.45) is 0 Å².